The lowest BCUT2D eigenvalue weighted by Crippen LogP contribution is -2.28. The van der Waals surface area contributed by atoms with Crippen LogP contribution in [0.2, 0.25) is 0 Å². The molecule has 2 N–H and O–H groups in total. The van der Waals surface area contributed by atoms with Crippen molar-refractivity contribution in [1.82, 2.24) is 9.97 Å². The highest BCUT2D eigenvalue weighted by molar-refractivity contribution is 5.47. The van der Waals surface area contributed by atoms with Gasteiger partial charge in [0.05, 0.1) is 0 Å². The van der Waals surface area contributed by atoms with Gasteiger partial charge < -0.3 is 20.1 Å². The van der Waals surface area contributed by atoms with Crippen molar-refractivity contribution in [2.45, 2.75) is 18.9 Å². The molecule has 3 rings (SSSR count). The molecule has 0 saturated carbocycles. The molecule has 1 saturated heterocycles. The molecule has 0 spiro atoms. The van der Waals surface area contributed by atoms with Gasteiger partial charge in [0, 0.05) is 38.1 Å². The van der Waals surface area contributed by atoms with Gasteiger partial charge in [0.15, 0.2) is 0 Å². The first-order valence-electron chi connectivity index (χ1n) is 7.45. The average molecular weight is 300 g/mol. The molecule has 0 aliphatic carbocycles. The number of hydrogen-bond donors (Lipinski definition) is 2. The van der Waals surface area contributed by atoms with Gasteiger partial charge in [-0.3, -0.25) is 0 Å². The number of hydrogen-bond acceptors (Lipinski definition) is 6. The van der Waals surface area contributed by atoms with Gasteiger partial charge >= 0.3 is 0 Å². The Morgan fingerprint density at radius 1 is 1.14 bits per heavy atom. The molecule has 1 fully saturated rings. The zero-order valence-electron chi connectivity index (χ0n) is 12.6. The molecule has 1 aromatic carbocycles. The summed E-state index contributed by atoms with van der Waals surface area (Å²) in [7, 11) is 1.88. The Balaban J connectivity index is 1.64. The quantitative estimate of drug-likeness (QED) is 0.885. The van der Waals surface area contributed by atoms with Crippen LogP contribution < -0.4 is 15.4 Å². The zero-order chi connectivity index (χ0) is 15.2. The first-order valence-corrected chi connectivity index (χ1v) is 7.45. The summed E-state index contributed by atoms with van der Waals surface area (Å²) in [6.07, 6.45) is 3.50. The van der Waals surface area contributed by atoms with Crippen LogP contribution in [0, 0.1) is 0 Å². The first kappa shape index (κ1) is 14.6. The Kier molecular flexibility index (Phi) is 4.70. The molecule has 1 aromatic heterocycles. The van der Waals surface area contributed by atoms with Gasteiger partial charge in [-0.05, 0) is 37.1 Å². The molecule has 6 nitrogen and oxygen atoms in total. The van der Waals surface area contributed by atoms with Crippen LogP contribution in [0.4, 0.5) is 11.5 Å². The van der Waals surface area contributed by atoms with Gasteiger partial charge in [0.25, 0.3) is 0 Å². The van der Waals surface area contributed by atoms with Crippen LogP contribution in [0.5, 0.6) is 11.6 Å². The standard InChI is InChI=1S/C16H20N4O2/c1-17-12-2-4-14(5-3-12)22-16-10-15(18-11-19-16)20-13-6-8-21-9-7-13/h2-5,10-11,13,17H,6-9H2,1H3,(H,18,19,20). The summed E-state index contributed by atoms with van der Waals surface area (Å²) in [6.45, 7) is 1.59. The molecule has 0 atom stereocenters. The van der Waals surface area contributed by atoms with Crippen LogP contribution in [0.3, 0.4) is 0 Å². The predicted octanol–water partition coefficient (Wildman–Crippen LogP) is 2.90. The van der Waals surface area contributed by atoms with Crippen molar-refractivity contribution in [3.8, 4) is 11.6 Å². The van der Waals surface area contributed by atoms with E-state index >= 15 is 0 Å². The maximum absolute atomic E-state index is 5.76. The average Bonchev–Trinajstić information content (AvgIpc) is 2.57. The Morgan fingerprint density at radius 2 is 1.91 bits per heavy atom. The third kappa shape index (κ3) is 3.85. The van der Waals surface area contributed by atoms with Crippen molar-refractivity contribution in [3.05, 3.63) is 36.7 Å². The number of nitrogens with zero attached hydrogens (tertiary/aromatic N) is 2. The van der Waals surface area contributed by atoms with Gasteiger partial charge in [0.1, 0.15) is 17.9 Å². The molecule has 116 valence electrons. The Labute approximate surface area is 129 Å². The van der Waals surface area contributed by atoms with E-state index in [2.05, 4.69) is 20.6 Å². The van der Waals surface area contributed by atoms with E-state index in [1.807, 2.05) is 37.4 Å². The molecule has 0 bridgehead atoms. The third-order valence-corrected chi connectivity index (χ3v) is 3.58. The van der Waals surface area contributed by atoms with Crippen molar-refractivity contribution in [2.75, 3.05) is 30.9 Å². The molecule has 22 heavy (non-hydrogen) atoms. The Morgan fingerprint density at radius 3 is 2.64 bits per heavy atom. The summed E-state index contributed by atoms with van der Waals surface area (Å²) in [4.78, 5) is 8.41. The van der Waals surface area contributed by atoms with E-state index in [1.165, 1.54) is 6.33 Å². The molecule has 1 aliphatic rings. The predicted molar refractivity (Wildman–Crippen MR) is 85.6 cm³/mol. The zero-order valence-corrected chi connectivity index (χ0v) is 12.6. The van der Waals surface area contributed by atoms with E-state index in [4.69, 9.17) is 9.47 Å². The second-order valence-electron chi connectivity index (χ2n) is 5.15. The van der Waals surface area contributed by atoms with Crippen LogP contribution in [0.25, 0.3) is 0 Å². The highest BCUT2D eigenvalue weighted by atomic mass is 16.5. The first-order chi connectivity index (χ1) is 10.8. The van der Waals surface area contributed by atoms with Gasteiger partial charge in [-0.1, -0.05) is 0 Å². The molecule has 2 heterocycles. The molecule has 2 aromatic rings. The van der Waals surface area contributed by atoms with E-state index in [9.17, 15) is 0 Å². The fourth-order valence-corrected chi connectivity index (χ4v) is 2.34. The molecular weight excluding hydrogens is 280 g/mol. The number of aromatic nitrogens is 2. The number of anilines is 2. The van der Waals surface area contributed by atoms with Crippen LogP contribution >= 0.6 is 0 Å². The number of ether oxygens (including phenoxy) is 2. The molecule has 6 heteroatoms. The van der Waals surface area contributed by atoms with Crippen LogP contribution in [-0.2, 0) is 4.74 Å². The SMILES string of the molecule is CNc1ccc(Oc2cc(NC3CCOCC3)ncn2)cc1. The fourth-order valence-electron chi connectivity index (χ4n) is 2.34. The van der Waals surface area contributed by atoms with Gasteiger partial charge in [-0.2, -0.15) is 0 Å². The van der Waals surface area contributed by atoms with Crippen molar-refractivity contribution in [2.24, 2.45) is 0 Å². The summed E-state index contributed by atoms with van der Waals surface area (Å²) in [6, 6.07) is 9.93. The summed E-state index contributed by atoms with van der Waals surface area (Å²) in [5.41, 5.74) is 1.04. The molecule has 0 radical (unpaired) electrons. The smallest absolute Gasteiger partial charge is 0.224 e. The summed E-state index contributed by atoms with van der Waals surface area (Å²) >= 11 is 0. The fraction of sp³-hybridized carbons (Fsp3) is 0.375. The lowest BCUT2D eigenvalue weighted by molar-refractivity contribution is 0.0904. The topological polar surface area (TPSA) is 68.3 Å². The van der Waals surface area contributed by atoms with E-state index in [0.717, 1.165) is 43.3 Å². The minimum atomic E-state index is 0.395. The van der Waals surface area contributed by atoms with Gasteiger partial charge in [-0.25, -0.2) is 9.97 Å². The lowest BCUT2D eigenvalue weighted by atomic mass is 10.1. The van der Waals surface area contributed by atoms with E-state index < -0.39 is 0 Å². The van der Waals surface area contributed by atoms with Crippen molar-refractivity contribution < 1.29 is 9.47 Å². The summed E-state index contributed by atoms with van der Waals surface area (Å²) in [5.74, 6) is 2.06. The van der Waals surface area contributed by atoms with Crippen LogP contribution in [0.1, 0.15) is 12.8 Å². The summed E-state index contributed by atoms with van der Waals surface area (Å²) in [5, 5.41) is 6.48. The minimum absolute atomic E-state index is 0.395. The maximum Gasteiger partial charge on any atom is 0.224 e. The number of benzene rings is 1. The molecule has 1 aliphatic heterocycles. The third-order valence-electron chi connectivity index (χ3n) is 3.58. The number of rotatable bonds is 5. The van der Waals surface area contributed by atoms with Crippen LogP contribution in [0.15, 0.2) is 36.7 Å². The minimum Gasteiger partial charge on any atom is -0.439 e. The molecular formula is C16H20N4O2. The Hall–Kier alpha value is -2.34. The second-order valence-corrected chi connectivity index (χ2v) is 5.15. The van der Waals surface area contributed by atoms with Crippen molar-refractivity contribution in [1.29, 1.82) is 0 Å². The van der Waals surface area contributed by atoms with Gasteiger partial charge in [-0.15, -0.1) is 0 Å². The second kappa shape index (κ2) is 7.09. The number of nitrogens with one attached hydrogen (secondary N) is 2. The monoisotopic (exact) mass is 300 g/mol. The van der Waals surface area contributed by atoms with E-state index in [0.29, 0.717) is 11.9 Å². The van der Waals surface area contributed by atoms with Crippen molar-refractivity contribution >= 4 is 11.5 Å². The molecule has 0 unspecified atom stereocenters. The van der Waals surface area contributed by atoms with E-state index in [1.54, 1.807) is 0 Å². The van der Waals surface area contributed by atoms with Crippen LogP contribution in [-0.4, -0.2) is 36.3 Å². The Bertz CT molecular complexity index is 597. The lowest BCUT2D eigenvalue weighted by Gasteiger charge is -2.23. The highest BCUT2D eigenvalue weighted by Crippen LogP contribution is 2.23. The largest absolute Gasteiger partial charge is 0.439 e. The normalized spacial score (nSPS) is 15.3. The maximum atomic E-state index is 5.76. The van der Waals surface area contributed by atoms with E-state index in [-0.39, 0.29) is 0 Å². The highest BCUT2D eigenvalue weighted by Gasteiger charge is 2.14. The van der Waals surface area contributed by atoms with Gasteiger partial charge in [0.2, 0.25) is 5.88 Å². The molecule has 0 amide bonds. The van der Waals surface area contributed by atoms with Crippen molar-refractivity contribution in [3.63, 3.8) is 0 Å². The summed E-state index contributed by atoms with van der Waals surface area (Å²) < 4.78 is 11.1.